The van der Waals surface area contributed by atoms with Crippen LogP contribution in [0.25, 0.3) is 0 Å². The number of nitrogens with two attached hydrogens (primary N) is 1. The molecule has 2 aromatic carbocycles. The molecule has 2 aromatic rings. The van der Waals surface area contributed by atoms with E-state index in [0.29, 0.717) is 47.3 Å². The monoisotopic (exact) mass is 334 g/mol. The number of rotatable bonds is 7. The molecule has 0 aliphatic heterocycles. The van der Waals surface area contributed by atoms with Crippen molar-refractivity contribution in [1.82, 2.24) is 0 Å². The van der Waals surface area contributed by atoms with Gasteiger partial charge in [0.15, 0.2) is 0 Å². The van der Waals surface area contributed by atoms with Crippen LogP contribution in [0.15, 0.2) is 42.5 Å². The molecule has 0 bridgehead atoms. The summed E-state index contributed by atoms with van der Waals surface area (Å²) in [5, 5.41) is 3.32. The number of carbonyl (C=O) groups is 1. The number of nitrogen functional groups attached to an aromatic ring is 1. The summed E-state index contributed by atoms with van der Waals surface area (Å²) in [6, 6.07) is 12.3. The van der Waals surface area contributed by atoms with E-state index < -0.39 is 0 Å². The molecule has 3 N–H and O–H groups in total. The first kappa shape index (κ1) is 17.0. The van der Waals surface area contributed by atoms with E-state index in [-0.39, 0.29) is 5.91 Å². The highest BCUT2D eigenvalue weighted by Gasteiger charge is 2.08. The minimum absolute atomic E-state index is 0.129. The molecule has 0 atom stereocenters. The van der Waals surface area contributed by atoms with Crippen LogP contribution in [-0.2, 0) is 4.79 Å². The van der Waals surface area contributed by atoms with Gasteiger partial charge in [0.05, 0.1) is 25.1 Å². The molecule has 122 valence electrons. The molecular weight excluding hydrogens is 316 g/mol. The van der Waals surface area contributed by atoms with Crippen molar-refractivity contribution in [2.45, 2.75) is 12.8 Å². The second-order valence-corrected chi connectivity index (χ2v) is 5.32. The quantitative estimate of drug-likeness (QED) is 0.597. The number of para-hydroxylation sites is 2. The normalized spacial score (nSPS) is 10.2. The number of nitrogens with one attached hydrogen (secondary N) is 1. The van der Waals surface area contributed by atoms with E-state index in [0.717, 1.165) is 0 Å². The number of hydrogen-bond donors (Lipinski definition) is 2. The van der Waals surface area contributed by atoms with Gasteiger partial charge in [-0.25, -0.2) is 0 Å². The first-order chi connectivity index (χ1) is 11.1. The number of halogens is 1. The van der Waals surface area contributed by atoms with Gasteiger partial charge >= 0.3 is 0 Å². The van der Waals surface area contributed by atoms with Gasteiger partial charge in [0, 0.05) is 11.4 Å². The predicted octanol–water partition coefficient (Wildman–Crippen LogP) is 3.73. The van der Waals surface area contributed by atoms with E-state index >= 15 is 0 Å². The maximum absolute atomic E-state index is 12.0. The van der Waals surface area contributed by atoms with E-state index in [9.17, 15) is 4.79 Å². The van der Waals surface area contributed by atoms with Crippen molar-refractivity contribution in [2.75, 3.05) is 24.8 Å². The van der Waals surface area contributed by atoms with Crippen LogP contribution in [0.4, 0.5) is 11.4 Å². The molecule has 0 radical (unpaired) electrons. The van der Waals surface area contributed by atoms with Crippen molar-refractivity contribution < 1.29 is 14.3 Å². The molecule has 0 saturated carbocycles. The first-order valence-corrected chi connectivity index (χ1v) is 7.58. The van der Waals surface area contributed by atoms with Crippen molar-refractivity contribution >= 4 is 28.9 Å². The summed E-state index contributed by atoms with van der Waals surface area (Å²) < 4.78 is 10.7. The summed E-state index contributed by atoms with van der Waals surface area (Å²) in [5.74, 6) is 1.07. The molecule has 6 heteroatoms. The number of methoxy groups -OCH3 is 1. The van der Waals surface area contributed by atoms with Crippen LogP contribution in [0.1, 0.15) is 12.8 Å². The average Bonchev–Trinajstić information content (AvgIpc) is 2.53. The Morgan fingerprint density at radius 3 is 2.74 bits per heavy atom. The van der Waals surface area contributed by atoms with Gasteiger partial charge in [0.2, 0.25) is 5.91 Å². The molecule has 0 spiro atoms. The second kappa shape index (κ2) is 8.29. The van der Waals surface area contributed by atoms with Gasteiger partial charge in [-0.3, -0.25) is 4.79 Å². The Bertz CT molecular complexity index is 677. The summed E-state index contributed by atoms with van der Waals surface area (Å²) in [6.07, 6.45) is 0.894. The lowest BCUT2D eigenvalue weighted by molar-refractivity contribution is -0.116. The molecule has 0 aliphatic carbocycles. The molecule has 0 aliphatic rings. The fourth-order valence-corrected chi connectivity index (χ4v) is 2.19. The SMILES string of the molecule is COc1ccc(Cl)cc1NC(=O)CCCOc1ccccc1N. The molecule has 0 heterocycles. The number of carbonyl (C=O) groups excluding carboxylic acids is 1. The van der Waals surface area contributed by atoms with Crippen LogP contribution in [0.3, 0.4) is 0 Å². The maximum atomic E-state index is 12.0. The zero-order chi connectivity index (χ0) is 16.7. The lowest BCUT2D eigenvalue weighted by Crippen LogP contribution is -2.13. The van der Waals surface area contributed by atoms with Crippen LogP contribution in [0, 0.1) is 0 Å². The Kier molecular flexibility index (Phi) is 6.11. The van der Waals surface area contributed by atoms with Crippen LogP contribution in [0.2, 0.25) is 5.02 Å². The lowest BCUT2D eigenvalue weighted by Gasteiger charge is -2.11. The van der Waals surface area contributed by atoms with Crippen LogP contribution < -0.4 is 20.5 Å². The molecule has 23 heavy (non-hydrogen) atoms. The minimum Gasteiger partial charge on any atom is -0.495 e. The van der Waals surface area contributed by atoms with Crippen LogP contribution >= 0.6 is 11.6 Å². The van der Waals surface area contributed by atoms with Crippen molar-refractivity contribution in [1.29, 1.82) is 0 Å². The third-order valence-electron chi connectivity index (χ3n) is 3.16. The Hall–Kier alpha value is -2.40. The first-order valence-electron chi connectivity index (χ1n) is 7.21. The fourth-order valence-electron chi connectivity index (χ4n) is 2.02. The summed E-state index contributed by atoms with van der Waals surface area (Å²) in [5.41, 5.74) is 6.92. The summed E-state index contributed by atoms with van der Waals surface area (Å²) in [4.78, 5) is 12.0. The zero-order valence-electron chi connectivity index (χ0n) is 12.8. The highest BCUT2D eigenvalue weighted by Crippen LogP contribution is 2.27. The number of benzene rings is 2. The average molecular weight is 335 g/mol. The van der Waals surface area contributed by atoms with Crippen molar-refractivity contribution in [3.63, 3.8) is 0 Å². The number of amides is 1. The van der Waals surface area contributed by atoms with E-state index in [2.05, 4.69) is 5.32 Å². The third-order valence-corrected chi connectivity index (χ3v) is 3.40. The fraction of sp³-hybridized carbons (Fsp3) is 0.235. The summed E-state index contributed by atoms with van der Waals surface area (Å²) in [6.45, 7) is 0.411. The molecule has 2 rings (SSSR count). The molecule has 0 unspecified atom stereocenters. The van der Waals surface area contributed by atoms with Gasteiger partial charge in [-0.1, -0.05) is 23.7 Å². The Labute approximate surface area is 140 Å². The molecule has 0 fully saturated rings. The summed E-state index contributed by atoms with van der Waals surface area (Å²) >= 11 is 5.93. The molecule has 1 amide bonds. The highest BCUT2D eigenvalue weighted by molar-refractivity contribution is 6.31. The topological polar surface area (TPSA) is 73.6 Å². The van der Waals surface area contributed by atoms with Gasteiger partial charge < -0.3 is 20.5 Å². The summed E-state index contributed by atoms with van der Waals surface area (Å²) in [7, 11) is 1.54. The smallest absolute Gasteiger partial charge is 0.224 e. The lowest BCUT2D eigenvalue weighted by atomic mass is 10.2. The number of anilines is 2. The van der Waals surface area contributed by atoms with E-state index in [1.54, 1.807) is 30.3 Å². The van der Waals surface area contributed by atoms with E-state index in [4.69, 9.17) is 26.8 Å². The van der Waals surface area contributed by atoms with Gasteiger partial charge in [-0.05, 0) is 36.8 Å². The number of hydrogen-bond acceptors (Lipinski definition) is 4. The molecule has 0 aromatic heterocycles. The van der Waals surface area contributed by atoms with Gasteiger partial charge in [-0.2, -0.15) is 0 Å². The molecular formula is C17H19ClN2O3. The van der Waals surface area contributed by atoms with Gasteiger partial charge in [0.25, 0.3) is 0 Å². The largest absolute Gasteiger partial charge is 0.495 e. The van der Waals surface area contributed by atoms with Crippen molar-refractivity contribution in [2.24, 2.45) is 0 Å². The highest BCUT2D eigenvalue weighted by atomic mass is 35.5. The maximum Gasteiger partial charge on any atom is 0.224 e. The Morgan fingerprint density at radius 2 is 2.00 bits per heavy atom. The van der Waals surface area contributed by atoms with Crippen molar-refractivity contribution in [3.8, 4) is 11.5 Å². The second-order valence-electron chi connectivity index (χ2n) is 4.88. The minimum atomic E-state index is -0.129. The molecule has 5 nitrogen and oxygen atoms in total. The standard InChI is InChI=1S/C17H19ClN2O3/c1-22-16-9-8-12(18)11-14(16)20-17(21)7-4-10-23-15-6-3-2-5-13(15)19/h2-3,5-6,8-9,11H,4,7,10,19H2,1H3,(H,20,21). The molecule has 0 saturated heterocycles. The third kappa shape index (κ3) is 5.07. The van der Waals surface area contributed by atoms with Crippen LogP contribution in [-0.4, -0.2) is 19.6 Å². The van der Waals surface area contributed by atoms with E-state index in [1.807, 2.05) is 12.1 Å². The van der Waals surface area contributed by atoms with Crippen LogP contribution in [0.5, 0.6) is 11.5 Å². The Morgan fingerprint density at radius 1 is 1.22 bits per heavy atom. The van der Waals surface area contributed by atoms with Gasteiger partial charge in [-0.15, -0.1) is 0 Å². The predicted molar refractivity (Wildman–Crippen MR) is 92.2 cm³/mol. The van der Waals surface area contributed by atoms with Gasteiger partial charge in [0.1, 0.15) is 11.5 Å². The number of ether oxygens (including phenoxy) is 2. The zero-order valence-corrected chi connectivity index (χ0v) is 13.6. The Balaban J connectivity index is 1.80. The van der Waals surface area contributed by atoms with E-state index in [1.165, 1.54) is 7.11 Å². The van der Waals surface area contributed by atoms with Crippen molar-refractivity contribution in [3.05, 3.63) is 47.5 Å².